The van der Waals surface area contributed by atoms with Crippen molar-refractivity contribution in [3.63, 3.8) is 0 Å². The van der Waals surface area contributed by atoms with Gasteiger partial charge in [0.05, 0.1) is 12.2 Å². The molecule has 0 radical (unpaired) electrons. The fourth-order valence-corrected chi connectivity index (χ4v) is 1.86. The van der Waals surface area contributed by atoms with Crippen molar-refractivity contribution in [3.8, 4) is 0 Å². The van der Waals surface area contributed by atoms with Gasteiger partial charge in [0.2, 0.25) is 0 Å². The highest BCUT2D eigenvalue weighted by atomic mass is 16.3. The maximum Gasteiger partial charge on any atom is 0.0814 e. The van der Waals surface area contributed by atoms with E-state index in [4.69, 9.17) is 0 Å². The van der Waals surface area contributed by atoms with E-state index in [1.807, 2.05) is 36.4 Å². The van der Waals surface area contributed by atoms with Gasteiger partial charge in [0.1, 0.15) is 0 Å². The minimum Gasteiger partial charge on any atom is -0.393 e. The minimum absolute atomic E-state index is 0.391. The first-order valence-electron chi connectivity index (χ1n) is 6.80. The van der Waals surface area contributed by atoms with Crippen molar-refractivity contribution in [1.29, 1.82) is 0 Å². The van der Waals surface area contributed by atoms with Gasteiger partial charge in [0.25, 0.3) is 0 Å². The standard InChI is InChI=1S/C16H24O2/c1-2-3-4-5-9-12-15(17)13-16(18)14-10-7-6-8-11-14/h5-11,15-18H,2-4,12-13H2,1H3/b9-5-/t15-,16+/m0/s1. The first kappa shape index (κ1) is 14.9. The van der Waals surface area contributed by atoms with E-state index in [1.165, 1.54) is 12.8 Å². The van der Waals surface area contributed by atoms with Crippen molar-refractivity contribution in [1.82, 2.24) is 0 Å². The summed E-state index contributed by atoms with van der Waals surface area (Å²) in [5.74, 6) is 0. The molecule has 2 N–H and O–H groups in total. The van der Waals surface area contributed by atoms with Crippen LogP contribution >= 0.6 is 0 Å². The third-order valence-electron chi connectivity index (χ3n) is 2.98. The van der Waals surface area contributed by atoms with Gasteiger partial charge in [0.15, 0.2) is 0 Å². The quantitative estimate of drug-likeness (QED) is 0.545. The SMILES string of the molecule is CCCC/C=C\C[C@H](O)C[C@@H](O)c1ccccc1. The van der Waals surface area contributed by atoms with E-state index >= 15 is 0 Å². The molecule has 0 aliphatic rings. The van der Waals surface area contributed by atoms with Crippen LogP contribution in [0, 0.1) is 0 Å². The van der Waals surface area contributed by atoms with Crippen LogP contribution in [-0.2, 0) is 0 Å². The van der Waals surface area contributed by atoms with Gasteiger partial charge >= 0.3 is 0 Å². The average molecular weight is 248 g/mol. The third kappa shape index (κ3) is 5.99. The Morgan fingerprint density at radius 1 is 1.11 bits per heavy atom. The van der Waals surface area contributed by atoms with E-state index in [-0.39, 0.29) is 0 Å². The molecule has 1 rings (SSSR count). The minimum atomic E-state index is -0.578. The van der Waals surface area contributed by atoms with Crippen LogP contribution in [0.5, 0.6) is 0 Å². The summed E-state index contributed by atoms with van der Waals surface area (Å²) in [7, 11) is 0. The Morgan fingerprint density at radius 3 is 2.50 bits per heavy atom. The van der Waals surface area contributed by atoms with E-state index < -0.39 is 12.2 Å². The maximum atomic E-state index is 9.95. The predicted octanol–water partition coefficient (Wildman–Crippen LogP) is 3.61. The topological polar surface area (TPSA) is 40.5 Å². The zero-order chi connectivity index (χ0) is 13.2. The van der Waals surface area contributed by atoms with Gasteiger partial charge in [0, 0.05) is 6.42 Å². The van der Waals surface area contributed by atoms with Crippen molar-refractivity contribution in [2.45, 2.75) is 51.2 Å². The molecule has 0 heterocycles. The van der Waals surface area contributed by atoms with E-state index in [0.717, 1.165) is 12.0 Å². The molecule has 0 aliphatic heterocycles. The third-order valence-corrected chi connectivity index (χ3v) is 2.98. The largest absolute Gasteiger partial charge is 0.393 e. The summed E-state index contributed by atoms with van der Waals surface area (Å²) >= 11 is 0. The van der Waals surface area contributed by atoms with Crippen LogP contribution in [-0.4, -0.2) is 16.3 Å². The molecule has 0 amide bonds. The van der Waals surface area contributed by atoms with E-state index in [0.29, 0.717) is 12.8 Å². The summed E-state index contributed by atoms with van der Waals surface area (Å²) in [6, 6.07) is 9.48. The number of allylic oxidation sites excluding steroid dienone is 1. The number of aliphatic hydroxyl groups is 2. The summed E-state index contributed by atoms with van der Waals surface area (Å²) in [4.78, 5) is 0. The Hall–Kier alpha value is -1.12. The number of unbranched alkanes of at least 4 members (excludes halogenated alkanes) is 2. The Kier molecular flexibility index (Phi) is 7.38. The summed E-state index contributed by atoms with van der Waals surface area (Å²) in [5, 5.41) is 19.8. The fraction of sp³-hybridized carbons (Fsp3) is 0.500. The number of aliphatic hydroxyl groups excluding tert-OH is 2. The Labute approximate surface area is 110 Å². The van der Waals surface area contributed by atoms with Gasteiger partial charge < -0.3 is 10.2 Å². The monoisotopic (exact) mass is 248 g/mol. The molecule has 0 saturated heterocycles. The molecule has 0 aliphatic carbocycles. The second kappa shape index (κ2) is 8.90. The van der Waals surface area contributed by atoms with Crippen molar-refractivity contribution in [2.24, 2.45) is 0 Å². The first-order chi connectivity index (χ1) is 8.74. The van der Waals surface area contributed by atoms with Gasteiger partial charge in [-0.15, -0.1) is 0 Å². The van der Waals surface area contributed by atoms with Crippen molar-refractivity contribution < 1.29 is 10.2 Å². The summed E-state index contributed by atoms with van der Waals surface area (Å²) in [6.45, 7) is 2.17. The molecule has 0 unspecified atom stereocenters. The van der Waals surface area contributed by atoms with Crippen LogP contribution in [0.1, 0.15) is 50.7 Å². The molecule has 0 spiro atoms. The maximum absolute atomic E-state index is 9.95. The molecule has 0 aromatic heterocycles. The van der Waals surface area contributed by atoms with Crippen LogP contribution in [0.25, 0.3) is 0 Å². The van der Waals surface area contributed by atoms with E-state index in [1.54, 1.807) is 0 Å². The zero-order valence-corrected chi connectivity index (χ0v) is 11.1. The van der Waals surface area contributed by atoms with Gasteiger partial charge in [-0.3, -0.25) is 0 Å². The highest BCUT2D eigenvalue weighted by Crippen LogP contribution is 2.19. The molecule has 2 atom stereocenters. The van der Waals surface area contributed by atoms with Crippen molar-refractivity contribution in [2.75, 3.05) is 0 Å². The molecular weight excluding hydrogens is 224 g/mol. The summed E-state index contributed by atoms with van der Waals surface area (Å²) < 4.78 is 0. The van der Waals surface area contributed by atoms with Crippen LogP contribution < -0.4 is 0 Å². The van der Waals surface area contributed by atoms with Gasteiger partial charge in [-0.1, -0.05) is 62.2 Å². The van der Waals surface area contributed by atoms with Crippen molar-refractivity contribution >= 4 is 0 Å². The lowest BCUT2D eigenvalue weighted by atomic mass is 10.0. The number of benzene rings is 1. The highest BCUT2D eigenvalue weighted by molar-refractivity contribution is 5.17. The number of hydrogen-bond donors (Lipinski definition) is 2. The predicted molar refractivity (Wildman–Crippen MR) is 75.3 cm³/mol. The molecule has 1 aromatic rings. The first-order valence-corrected chi connectivity index (χ1v) is 6.80. The lowest BCUT2D eigenvalue weighted by molar-refractivity contribution is 0.0821. The molecule has 0 fully saturated rings. The Bertz CT molecular complexity index is 332. The van der Waals surface area contributed by atoms with Crippen LogP contribution in [0.2, 0.25) is 0 Å². The second-order valence-corrected chi connectivity index (χ2v) is 4.67. The lowest BCUT2D eigenvalue weighted by Gasteiger charge is -2.14. The molecule has 18 heavy (non-hydrogen) atoms. The fourth-order valence-electron chi connectivity index (χ4n) is 1.86. The molecule has 0 bridgehead atoms. The van der Waals surface area contributed by atoms with E-state index in [9.17, 15) is 10.2 Å². The second-order valence-electron chi connectivity index (χ2n) is 4.67. The average Bonchev–Trinajstić information content (AvgIpc) is 2.39. The number of rotatable bonds is 8. The normalized spacial score (nSPS) is 14.8. The molecule has 2 heteroatoms. The highest BCUT2D eigenvalue weighted by Gasteiger charge is 2.12. The summed E-state index contributed by atoms with van der Waals surface area (Å²) in [6.07, 6.45) is 7.54. The number of hydrogen-bond acceptors (Lipinski definition) is 2. The van der Waals surface area contributed by atoms with Crippen LogP contribution in [0.4, 0.5) is 0 Å². The summed E-state index contributed by atoms with van der Waals surface area (Å²) in [5.41, 5.74) is 0.867. The molecule has 2 nitrogen and oxygen atoms in total. The van der Waals surface area contributed by atoms with Gasteiger partial charge in [-0.25, -0.2) is 0 Å². The Morgan fingerprint density at radius 2 is 1.83 bits per heavy atom. The van der Waals surface area contributed by atoms with E-state index in [2.05, 4.69) is 13.0 Å². The van der Waals surface area contributed by atoms with Crippen molar-refractivity contribution in [3.05, 3.63) is 48.0 Å². The molecular formula is C16H24O2. The van der Waals surface area contributed by atoms with Crippen LogP contribution in [0.3, 0.4) is 0 Å². The molecule has 0 saturated carbocycles. The van der Waals surface area contributed by atoms with Gasteiger partial charge in [-0.2, -0.15) is 0 Å². The Balaban J connectivity index is 2.27. The smallest absolute Gasteiger partial charge is 0.0814 e. The van der Waals surface area contributed by atoms with Crippen LogP contribution in [0.15, 0.2) is 42.5 Å². The lowest BCUT2D eigenvalue weighted by Crippen LogP contribution is -2.11. The molecule has 1 aromatic carbocycles. The van der Waals surface area contributed by atoms with Gasteiger partial charge in [-0.05, 0) is 18.4 Å². The zero-order valence-electron chi connectivity index (χ0n) is 11.1. The molecule has 100 valence electrons.